The van der Waals surface area contributed by atoms with E-state index in [4.69, 9.17) is 24.1 Å². The Bertz CT molecular complexity index is 1360. The van der Waals surface area contributed by atoms with Crippen molar-refractivity contribution in [1.82, 2.24) is 5.32 Å². The number of carboxylic acid groups (broad SMARTS) is 2. The Labute approximate surface area is 258 Å². The van der Waals surface area contributed by atoms with Crippen LogP contribution in [0.5, 0.6) is 11.5 Å². The molecule has 45 heavy (non-hydrogen) atoms. The number of carboxylic acids is 2. The molecule has 4 N–H and O–H groups in total. The van der Waals surface area contributed by atoms with Crippen LogP contribution in [0.25, 0.3) is 0 Å². The minimum absolute atomic E-state index is 0.00243. The van der Waals surface area contributed by atoms with Gasteiger partial charge in [-0.2, -0.15) is 0 Å². The summed E-state index contributed by atoms with van der Waals surface area (Å²) in [6.07, 6.45) is -2.80. The highest BCUT2D eigenvalue weighted by atomic mass is 19.1. The van der Waals surface area contributed by atoms with Crippen LogP contribution in [0.15, 0.2) is 72.8 Å². The third kappa shape index (κ3) is 9.24. The van der Waals surface area contributed by atoms with Crippen molar-refractivity contribution in [2.45, 2.75) is 30.5 Å². The van der Waals surface area contributed by atoms with Crippen LogP contribution in [0, 0.1) is 5.82 Å². The quantitative estimate of drug-likeness (QED) is 0.216. The highest BCUT2D eigenvalue weighted by Crippen LogP contribution is 2.34. The monoisotopic (exact) mass is 627 g/mol. The molecule has 1 aliphatic heterocycles. The summed E-state index contributed by atoms with van der Waals surface area (Å²) in [6, 6.07) is 17.6. The molecule has 0 spiro atoms. The number of methoxy groups -OCH3 is 2. The molecule has 0 amide bonds. The maximum absolute atomic E-state index is 12.8. The predicted octanol–water partition coefficient (Wildman–Crippen LogP) is 3.06. The van der Waals surface area contributed by atoms with Crippen LogP contribution in [-0.4, -0.2) is 85.3 Å². The molecule has 0 bridgehead atoms. The largest absolute Gasteiger partial charge is 0.497 e. The van der Waals surface area contributed by atoms with Crippen molar-refractivity contribution < 1.29 is 57.8 Å². The van der Waals surface area contributed by atoms with Gasteiger partial charge in [0.1, 0.15) is 17.3 Å². The van der Waals surface area contributed by atoms with Gasteiger partial charge < -0.3 is 39.6 Å². The number of esters is 2. The van der Waals surface area contributed by atoms with Crippen molar-refractivity contribution in [2.24, 2.45) is 0 Å². The van der Waals surface area contributed by atoms with Gasteiger partial charge in [-0.15, -0.1) is 0 Å². The Balaban J connectivity index is 0.000000305. The number of carbonyl (C=O) groups excluding carboxylic acids is 2. The van der Waals surface area contributed by atoms with Crippen LogP contribution in [0.3, 0.4) is 0 Å². The van der Waals surface area contributed by atoms with E-state index in [1.165, 1.54) is 74.9 Å². The van der Waals surface area contributed by atoms with Gasteiger partial charge in [0.15, 0.2) is 0 Å². The smallest absolute Gasteiger partial charge is 0.349 e. The molecule has 0 saturated carbocycles. The van der Waals surface area contributed by atoms with E-state index in [2.05, 4.69) is 5.32 Å². The zero-order chi connectivity index (χ0) is 33.0. The first-order valence-electron chi connectivity index (χ1n) is 13.8. The van der Waals surface area contributed by atoms with E-state index in [-0.39, 0.29) is 29.0 Å². The van der Waals surface area contributed by atoms with Crippen LogP contribution in [0.4, 0.5) is 4.39 Å². The Morgan fingerprint density at radius 2 is 1.22 bits per heavy atom. The molecule has 3 atom stereocenters. The van der Waals surface area contributed by atoms with E-state index >= 15 is 0 Å². The minimum Gasteiger partial charge on any atom is -0.497 e. The van der Waals surface area contributed by atoms with Crippen LogP contribution < -0.4 is 14.8 Å². The molecule has 1 unspecified atom stereocenters. The highest BCUT2D eigenvalue weighted by Gasteiger charge is 2.41. The molecule has 3 aromatic rings. The van der Waals surface area contributed by atoms with E-state index in [1.807, 2.05) is 12.1 Å². The molecule has 3 aromatic carbocycles. The second kappa shape index (κ2) is 16.2. The van der Waals surface area contributed by atoms with Gasteiger partial charge in [0, 0.05) is 18.6 Å². The number of hydrogen-bond donors (Lipinski definition) is 4. The van der Waals surface area contributed by atoms with E-state index in [9.17, 15) is 33.8 Å². The van der Waals surface area contributed by atoms with Gasteiger partial charge in [0.05, 0.1) is 25.3 Å². The van der Waals surface area contributed by atoms with Crippen molar-refractivity contribution in [3.05, 3.63) is 95.3 Å². The van der Waals surface area contributed by atoms with Crippen molar-refractivity contribution in [3.8, 4) is 11.5 Å². The van der Waals surface area contributed by atoms with Crippen LogP contribution in [0.2, 0.25) is 0 Å². The number of ether oxygens (including phenoxy) is 4. The predicted molar refractivity (Wildman–Crippen MR) is 157 cm³/mol. The molecular formula is C32H34FNO11. The molecule has 1 fully saturated rings. The lowest BCUT2D eigenvalue weighted by atomic mass is 9.77. The highest BCUT2D eigenvalue weighted by molar-refractivity contribution is 5.95. The summed E-state index contributed by atoms with van der Waals surface area (Å²) >= 11 is 0. The van der Waals surface area contributed by atoms with Gasteiger partial charge in [0.25, 0.3) is 0 Å². The number of carbonyl (C=O) groups is 4. The number of aliphatic hydroxyl groups excluding tert-OH is 1. The molecule has 1 aliphatic rings. The molecule has 1 heterocycles. The Morgan fingerprint density at radius 1 is 0.778 bits per heavy atom. The Kier molecular flexibility index (Phi) is 12.4. The number of aliphatic carboxylic acids is 2. The van der Waals surface area contributed by atoms with Gasteiger partial charge in [0.2, 0.25) is 12.2 Å². The van der Waals surface area contributed by atoms with Gasteiger partial charge in [-0.3, -0.25) is 0 Å². The standard InChI is InChI=1S/C20H18O10.C12H16FNO/c1-27-13-7-3-11(4-8-13)19(25)29-15(17(21)22)16(18(23)24)30-20(26)12-5-9-14(28-2)10-6-12;13-11-3-1-10(2-4-11)12(6-8-15)5-7-14-9-12/h3-10,15-16H,1-2H3,(H,21,22)(H,23,24);1-4,14-15H,5-9H2/t15-,16-;/m1./s1. The number of benzene rings is 3. The van der Waals surface area contributed by atoms with Gasteiger partial charge in [-0.25, -0.2) is 23.6 Å². The van der Waals surface area contributed by atoms with Crippen molar-refractivity contribution in [1.29, 1.82) is 0 Å². The first-order chi connectivity index (χ1) is 21.5. The fourth-order valence-corrected chi connectivity index (χ4v) is 4.67. The average Bonchev–Trinajstić information content (AvgIpc) is 3.52. The molecule has 0 aromatic heterocycles. The molecule has 12 nitrogen and oxygen atoms in total. The number of nitrogens with one attached hydrogen (secondary N) is 1. The maximum Gasteiger partial charge on any atom is 0.349 e. The average molecular weight is 628 g/mol. The third-order valence-corrected chi connectivity index (χ3v) is 7.17. The number of halogens is 1. The minimum atomic E-state index is -2.28. The fraction of sp³-hybridized carbons (Fsp3) is 0.312. The second-order valence-electron chi connectivity index (χ2n) is 9.97. The molecule has 1 saturated heterocycles. The SMILES string of the molecule is COc1ccc(C(=O)O[C@@H](C(=O)O)[C@@H](OC(=O)c2ccc(OC)cc2)C(=O)O)cc1.OCCC1(c2ccc(F)cc2)CCNC1. The van der Waals surface area contributed by atoms with E-state index in [1.54, 1.807) is 0 Å². The molecule has 13 heteroatoms. The lowest BCUT2D eigenvalue weighted by Crippen LogP contribution is -2.45. The Hall–Kier alpha value is -5.01. The third-order valence-electron chi connectivity index (χ3n) is 7.17. The summed E-state index contributed by atoms with van der Waals surface area (Å²) in [6.45, 7) is 2.02. The topological polar surface area (TPSA) is 178 Å². The van der Waals surface area contributed by atoms with E-state index < -0.39 is 36.1 Å². The molecule has 0 aliphatic carbocycles. The fourth-order valence-electron chi connectivity index (χ4n) is 4.67. The first-order valence-corrected chi connectivity index (χ1v) is 13.8. The van der Waals surface area contributed by atoms with Crippen LogP contribution in [0.1, 0.15) is 39.1 Å². The van der Waals surface area contributed by atoms with Crippen LogP contribution in [-0.2, 0) is 24.5 Å². The Morgan fingerprint density at radius 3 is 1.56 bits per heavy atom. The summed E-state index contributed by atoms with van der Waals surface area (Å²) in [5.41, 5.74) is 1.03. The molecule has 240 valence electrons. The van der Waals surface area contributed by atoms with Gasteiger partial charge in [-0.1, -0.05) is 12.1 Å². The van der Waals surface area contributed by atoms with Gasteiger partial charge in [-0.05, 0) is 85.6 Å². The molecule has 4 rings (SSSR count). The summed E-state index contributed by atoms with van der Waals surface area (Å²) in [5.74, 6) is -5.15. The maximum atomic E-state index is 12.8. The lowest BCUT2D eigenvalue weighted by molar-refractivity contribution is -0.166. The summed E-state index contributed by atoms with van der Waals surface area (Å²) < 4.78 is 32.3. The number of hydrogen-bond acceptors (Lipinski definition) is 10. The summed E-state index contributed by atoms with van der Waals surface area (Å²) in [7, 11) is 2.84. The first kappa shape index (κ1) is 34.5. The molecule has 0 radical (unpaired) electrons. The number of aliphatic hydroxyl groups is 1. The number of rotatable bonds is 12. The van der Waals surface area contributed by atoms with E-state index in [0.29, 0.717) is 11.5 Å². The lowest BCUT2D eigenvalue weighted by Gasteiger charge is -2.28. The van der Waals surface area contributed by atoms with Crippen molar-refractivity contribution in [2.75, 3.05) is 33.9 Å². The molecular weight excluding hydrogens is 593 g/mol. The zero-order valence-electron chi connectivity index (χ0n) is 24.6. The van der Waals surface area contributed by atoms with Gasteiger partial charge >= 0.3 is 23.9 Å². The van der Waals surface area contributed by atoms with Crippen molar-refractivity contribution >= 4 is 23.9 Å². The summed E-state index contributed by atoms with van der Waals surface area (Å²) in [5, 5.41) is 31.1. The second-order valence-corrected chi connectivity index (χ2v) is 9.97. The summed E-state index contributed by atoms with van der Waals surface area (Å²) in [4.78, 5) is 47.6. The van der Waals surface area contributed by atoms with Crippen molar-refractivity contribution in [3.63, 3.8) is 0 Å². The normalized spacial score (nSPS) is 16.7. The zero-order valence-corrected chi connectivity index (χ0v) is 24.6. The van der Waals surface area contributed by atoms with Crippen LogP contribution >= 0.6 is 0 Å². The van der Waals surface area contributed by atoms with E-state index in [0.717, 1.165) is 31.5 Å².